The average Bonchev–Trinajstić information content (AvgIpc) is 2.76. The molecule has 88 valence electrons. The van der Waals surface area contributed by atoms with Crippen molar-refractivity contribution in [2.24, 2.45) is 0 Å². The number of carbonyl (C=O) groups is 1. The van der Waals surface area contributed by atoms with Gasteiger partial charge in [-0.3, -0.25) is 4.79 Å². The van der Waals surface area contributed by atoms with Gasteiger partial charge in [0.2, 0.25) is 0 Å². The normalized spacial score (nSPS) is 10.3. The zero-order valence-electron chi connectivity index (χ0n) is 10.2. The Kier molecular flexibility index (Phi) is 3.00. The summed E-state index contributed by atoms with van der Waals surface area (Å²) in [7, 11) is 4.03. The number of aryl methyl sites for hydroxylation is 1. The standard InChI is InChI=1S/C14H15NO2/c1-10-8-11(4-6-13(10)15(2)3)14-7-5-12(9-16)17-14/h4-9H,1-3H3. The molecule has 1 aromatic heterocycles. The van der Waals surface area contributed by atoms with Gasteiger partial charge >= 0.3 is 0 Å². The van der Waals surface area contributed by atoms with E-state index >= 15 is 0 Å². The van der Waals surface area contributed by atoms with E-state index in [1.54, 1.807) is 6.07 Å². The fourth-order valence-electron chi connectivity index (χ4n) is 1.88. The number of hydrogen-bond donors (Lipinski definition) is 0. The molecular weight excluding hydrogens is 214 g/mol. The Bertz CT molecular complexity index is 541. The van der Waals surface area contributed by atoms with Crippen LogP contribution in [0.4, 0.5) is 5.69 Å². The fraction of sp³-hybridized carbons (Fsp3) is 0.214. The first kappa shape index (κ1) is 11.5. The number of hydrogen-bond acceptors (Lipinski definition) is 3. The van der Waals surface area contributed by atoms with Crippen LogP contribution in [0.25, 0.3) is 11.3 Å². The first-order chi connectivity index (χ1) is 8.11. The minimum Gasteiger partial charge on any atom is -0.453 e. The molecule has 0 bridgehead atoms. The number of furan rings is 1. The van der Waals surface area contributed by atoms with E-state index in [1.165, 1.54) is 11.3 Å². The molecule has 2 aromatic rings. The van der Waals surface area contributed by atoms with Crippen LogP contribution in [0.3, 0.4) is 0 Å². The van der Waals surface area contributed by atoms with Crippen LogP contribution in [0, 0.1) is 6.92 Å². The van der Waals surface area contributed by atoms with Gasteiger partial charge in [0.05, 0.1) is 0 Å². The summed E-state index contributed by atoms with van der Waals surface area (Å²) in [5, 5.41) is 0. The molecule has 1 heterocycles. The van der Waals surface area contributed by atoms with Gasteiger partial charge < -0.3 is 9.32 Å². The molecule has 0 N–H and O–H groups in total. The van der Waals surface area contributed by atoms with Crippen molar-refractivity contribution in [3.63, 3.8) is 0 Å². The quantitative estimate of drug-likeness (QED) is 0.758. The lowest BCUT2D eigenvalue weighted by atomic mass is 10.1. The zero-order chi connectivity index (χ0) is 12.4. The van der Waals surface area contributed by atoms with Gasteiger partial charge in [-0.05, 0) is 42.8 Å². The van der Waals surface area contributed by atoms with E-state index in [0.717, 1.165) is 11.3 Å². The maximum absolute atomic E-state index is 10.6. The summed E-state index contributed by atoms with van der Waals surface area (Å²) in [6.07, 6.45) is 0.713. The van der Waals surface area contributed by atoms with Crippen LogP contribution >= 0.6 is 0 Å². The third-order valence-electron chi connectivity index (χ3n) is 2.71. The summed E-state index contributed by atoms with van der Waals surface area (Å²) in [4.78, 5) is 12.6. The summed E-state index contributed by atoms with van der Waals surface area (Å²) < 4.78 is 5.39. The van der Waals surface area contributed by atoms with Crippen LogP contribution in [0.5, 0.6) is 0 Å². The van der Waals surface area contributed by atoms with Gasteiger partial charge in [-0.2, -0.15) is 0 Å². The molecule has 0 aliphatic heterocycles. The third kappa shape index (κ3) is 2.23. The minimum atomic E-state index is 0.356. The summed E-state index contributed by atoms with van der Waals surface area (Å²) in [6.45, 7) is 2.06. The Balaban J connectivity index is 2.40. The van der Waals surface area contributed by atoms with Gasteiger partial charge in [-0.25, -0.2) is 0 Å². The molecule has 0 saturated heterocycles. The largest absolute Gasteiger partial charge is 0.453 e. The van der Waals surface area contributed by atoms with Crippen molar-refractivity contribution in [1.82, 2.24) is 0 Å². The first-order valence-corrected chi connectivity index (χ1v) is 5.45. The second kappa shape index (κ2) is 4.45. The van der Waals surface area contributed by atoms with Gasteiger partial charge in [-0.1, -0.05) is 0 Å². The second-order valence-corrected chi connectivity index (χ2v) is 4.22. The molecular formula is C14H15NO2. The van der Waals surface area contributed by atoms with Crippen molar-refractivity contribution in [1.29, 1.82) is 0 Å². The van der Waals surface area contributed by atoms with Gasteiger partial charge in [0, 0.05) is 25.3 Å². The van der Waals surface area contributed by atoms with Crippen molar-refractivity contribution < 1.29 is 9.21 Å². The summed E-state index contributed by atoms with van der Waals surface area (Å²) in [5.74, 6) is 1.08. The Morgan fingerprint density at radius 1 is 1.18 bits per heavy atom. The predicted octanol–water partition coefficient (Wildman–Crippen LogP) is 3.13. The number of aldehydes is 1. The van der Waals surface area contributed by atoms with Gasteiger partial charge in [-0.15, -0.1) is 0 Å². The van der Waals surface area contributed by atoms with E-state index in [2.05, 4.69) is 17.9 Å². The lowest BCUT2D eigenvalue weighted by Crippen LogP contribution is -2.09. The number of benzene rings is 1. The molecule has 1 aromatic carbocycles. The van der Waals surface area contributed by atoms with E-state index in [9.17, 15) is 4.79 Å². The highest BCUT2D eigenvalue weighted by Gasteiger charge is 2.07. The van der Waals surface area contributed by atoms with E-state index in [0.29, 0.717) is 12.0 Å². The van der Waals surface area contributed by atoms with Crippen molar-refractivity contribution in [3.8, 4) is 11.3 Å². The fourth-order valence-corrected chi connectivity index (χ4v) is 1.88. The van der Waals surface area contributed by atoms with E-state index in [1.807, 2.05) is 32.3 Å². The number of rotatable bonds is 3. The van der Waals surface area contributed by atoms with Crippen molar-refractivity contribution in [2.75, 3.05) is 19.0 Å². The SMILES string of the molecule is Cc1cc(-c2ccc(C=O)o2)ccc1N(C)C. The van der Waals surface area contributed by atoms with E-state index in [-0.39, 0.29) is 0 Å². The lowest BCUT2D eigenvalue weighted by Gasteiger charge is -2.15. The molecule has 0 atom stereocenters. The molecule has 0 aliphatic carbocycles. The smallest absolute Gasteiger partial charge is 0.185 e. The molecule has 0 radical (unpaired) electrons. The lowest BCUT2D eigenvalue weighted by molar-refractivity contribution is 0.110. The first-order valence-electron chi connectivity index (χ1n) is 5.45. The number of carbonyl (C=O) groups excluding carboxylic acids is 1. The van der Waals surface area contributed by atoms with Crippen LogP contribution < -0.4 is 4.90 Å². The van der Waals surface area contributed by atoms with Crippen LogP contribution in [0.2, 0.25) is 0 Å². The van der Waals surface area contributed by atoms with Crippen molar-refractivity contribution in [2.45, 2.75) is 6.92 Å². The molecule has 17 heavy (non-hydrogen) atoms. The monoisotopic (exact) mass is 229 g/mol. The molecule has 0 saturated carbocycles. The topological polar surface area (TPSA) is 33.5 Å². The highest BCUT2D eigenvalue weighted by Crippen LogP contribution is 2.27. The van der Waals surface area contributed by atoms with E-state index < -0.39 is 0 Å². The van der Waals surface area contributed by atoms with Crippen LogP contribution in [0.1, 0.15) is 16.1 Å². The zero-order valence-corrected chi connectivity index (χ0v) is 10.2. The van der Waals surface area contributed by atoms with Crippen molar-refractivity contribution >= 4 is 12.0 Å². The molecule has 0 unspecified atom stereocenters. The molecule has 3 nitrogen and oxygen atoms in total. The van der Waals surface area contributed by atoms with Crippen molar-refractivity contribution in [3.05, 3.63) is 41.7 Å². The Morgan fingerprint density at radius 3 is 2.47 bits per heavy atom. The van der Waals surface area contributed by atoms with Gasteiger partial charge in [0.1, 0.15) is 5.76 Å². The predicted molar refractivity (Wildman–Crippen MR) is 68.6 cm³/mol. The molecule has 0 fully saturated rings. The molecule has 2 rings (SSSR count). The summed E-state index contributed by atoms with van der Waals surface area (Å²) >= 11 is 0. The van der Waals surface area contributed by atoms with Gasteiger partial charge in [0.15, 0.2) is 12.0 Å². The highest BCUT2D eigenvalue weighted by molar-refractivity contribution is 5.73. The third-order valence-corrected chi connectivity index (χ3v) is 2.71. The number of anilines is 1. The maximum Gasteiger partial charge on any atom is 0.185 e. The molecule has 0 aliphatic rings. The maximum atomic E-state index is 10.6. The summed E-state index contributed by atoms with van der Waals surface area (Å²) in [5.41, 5.74) is 3.34. The van der Waals surface area contributed by atoms with Crippen LogP contribution in [-0.2, 0) is 0 Å². The Morgan fingerprint density at radius 2 is 1.94 bits per heavy atom. The Labute approximate surface area is 101 Å². The number of nitrogens with zero attached hydrogens (tertiary/aromatic N) is 1. The van der Waals surface area contributed by atoms with E-state index in [4.69, 9.17) is 4.42 Å². The molecule has 0 amide bonds. The molecule has 0 spiro atoms. The summed E-state index contributed by atoms with van der Waals surface area (Å²) in [6, 6.07) is 9.59. The van der Waals surface area contributed by atoms with Crippen LogP contribution in [-0.4, -0.2) is 20.4 Å². The average molecular weight is 229 g/mol. The molecule has 3 heteroatoms. The second-order valence-electron chi connectivity index (χ2n) is 4.22. The van der Waals surface area contributed by atoms with Gasteiger partial charge in [0.25, 0.3) is 0 Å². The highest BCUT2D eigenvalue weighted by atomic mass is 16.3. The Hall–Kier alpha value is -2.03. The van der Waals surface area contributed by atoms with Crippen LogP contribution in [0.15, 0.2) is 34.7 Å². The minimum absolute atomic E-state index is 0.356.